The minimum absolute atomic E-state index is 0.285. The molecule has 7 atom stereocenters. The first-order chi connectivity index (χ1) is 10.9. The third-order valence-corrected chi connectivity index (χ3v) is 8.91. The van der Waals surface area contributed by atoms with Crippen molar-refractivity contribution < 1.29 is 4.79 Å². The molecule has 0 spiro atoms. The van der Waals surface area contributed by atoms with E-state index in [-0.39, 0.29) is 5.41 Å². The Morgan fingerprint density at radius 3 is 2.52 bits per heavy atom. The van der Waals surface area contributed by atoms with Crippen molar-refractivity contribution in [3.8, 4) is 0 Å². The van der Waals surface area contributed by atoms with Gasteiger partial charge in [-0.2, -0.15) is 0 Å². The SMILES string of the molecule is CC(=O)[C@H]1CC[C@H]2[C@@H]3CC[C@H]4NC(=S)CC[C@]4(C)[C@H]3CC[C@]12C. The van der Waals surface area contributed by atoms with Gasteiger partial charge in [0.2, 0.25) is 0 Å². The van der Waals surface area contributed by atoms with Gasteiger partial charge in [0.25, 0.3) is 0 Å². The van der Waals surface area contributed by atoms with Gasteiger partial charge in [-0.3, -0.25) is 4.79 Å². The van der Waals surface area contributed by atoms with Crippen LogP contribution in [-0.2, 0) is 4.79 Å². The van der Waals surface area contributed by atoms with Gasteiger partial charge in [-0.1, -0.05) is 26.1 Å². The average molecular weight is 334 g/mol. The van der Waals surface area contributed by atoms with Crippen LogP contribution in [-0.4, -0.2) is 16.8 Å². The van der Waals surface area contributed by atoms with E-state index in [1.165, 1.54) is 38.5 Å². The van der Waals surface area contributed by atoms with Gasteiger partial charge in [0.1, 0.15) is 5.78 Å². The Morgan fingerprint density at radius 1 is 1.04 bits per heavy atom. The molecule has 4 aliphatic rings. The summed E-state index contributed by atoms with van der Waals surface area (Å²) >= 11 is 5.46. The van der Waals surface area contributed by atoms with Crippen LogP contribution in [0.3, 0.4) is 0 Å². The summed E-state index contributed by atoms with van der Waals surface area (Å²) in [6.07, 6.45) is 9.96. The second-order valence-corrected chi connectivity index (χ2v) is 9.86. The third-order valence-electron chi connectivity index (χ3n) is 8.59. The van der Waals surface area contributed by atoms with Crippen LogP contribution >= 0.6 is 12.2 Å². The molecule has 0 radical (unpaired) electrons. The molecule has 0 aromatic heterocycles. The first-order valence-corrected chi connectivity index (χ1v) is 10.1. The van der Waals surface area contributed by atoms with Gasteiger partial charge in [-0.15, -0.1) is 0 Å². The lowest BCUT2D eigenvalue weighted by Crippen LogP contribution is -2.60. The number of carbonyl (C=O) groups excluding carboxylic acids is 1. The monoisotopic (exact) mass is 333 g/mol. The predicted octanol–water partition coefficient (Wildman–Crippen LogP) is 4.51. The highest BCUT2D eigenvalue weighted by Gasteiger charge is 2.60. The second kappa shape index (κ2) is 5.28. The summed E-state index contributed by atoms with van der Waals surface area (Å²) in [5, 5.41) is 3.67. The fraction of sp³-hybridized carbons (Fsp3) is 0.900. The van der Waals surface area contributed by atoms with Gasteiger partial charge in [0, 0.05) is 12.0 Å². The van der Waals surface area contributed by atoms with E-state index in [9.17, 15) is 4.79 Å². The quantitative estimate of drug-likeness (QED) is 0.716. The lowest BCUT2D eigenvalue weighted by Gasteiger charge is -2.60. The molecular weight excluding hydrogens is 302 g/mol. The van der Waals surface area contributed by atoms with E-state index in [1.54, 1.807) is 0 Å². The van der Waals surface area contributed by atoms with Gasteiger partial charge < -0.3 is 5.32 Å². The number of carbonyl (C=O) groups is 1. The topological polar surface area (TPSA) is 29.1 Å². The third kappa shape index (κ3) is 2.18. The van der Waals surface area contributed by atoms with Gasteiger partial charge >= 0.3 is 0 Å². The summed E-state index contributed by atoms with van der Waals surface area (Å²) in [7, 11) is 0. The summed E-state index contributed by atoms with van der Waals surface area (Å²) in [6.45, 7) is 6.80. The van der Waals surface area contributed by atoms with E-state index >= 15 is 0 Å². The normalized spacial score (nSPS) is 52.1. The fourth-order valence-corrected chi connectivity index (χ4v) is 7.61. The van der Waals surface area contributed by atoms with Crippen molar-refractivity contribution >= 4 is 23.0 Å². The molecule has 0 aromatic carbocycles. The highest BCUT2D eigenvalue weighted by atomic mass is 32.1. The van der Waals surface area contributed by atoms with Gasteiger partial charge in [0.05, 0.1) is 4.99 Å². The summed E-state index contributed by atoms with van der Waals surface area (Å²) < 4.78 is 0. The molecule has 0 bridgehead atoms. The maximum Gasteiger partial charge on any atom is 0.133 e. The second-order valence-electron chi connectivity index (χ2n) is 9.37. The molecule has 1 N–H and O–H groups in total. The van der Waals surface area contributed by atoms with Crippen LogP contribution in [0.1, 0.15) is 72.1 Å². The van der Waals surface area contributed by atoms with Crippen LogP contribution in [0, 0.1) is 34.5 Å². The van der Waals surface area contributed by atoms with Crippen molar-refractivity contribution in [2.75, 3.05) is 0 Å². The van der Waals surface area contributed by atoms with Gasteiger partial charge in [-0.05, 0) is 86.9 Å². The van der Waals surface area contributed by atoms with Crippen molar-refractivity contribution in [3.63, 3.8) is 0 Å². The molecule has 1 aliphatic heterocycles. The number of Topliss-reactive ketones (excluding diaryl/α,β-unsaturated/α-hetero) is 1. The Bertz CT molecular complexity index is 546. The Labute approximate surface area is 146 Å². The first kappa shape index (κ1) is 16.1. The van der Waals surface area contributed by atoms with Crippen molar-refractivity contribution in [2.45, 2.75) is 78.2 Å². The lowest BCUT2D eigenvalue weighted by molar-refractivity contribution is -0.129. The minimum atomic E-state index is 0.285. The number of rotatable bonds is 1. The number of hydrogen-bond acceptors (Lipinski definition) is 2. The standard InChI is InChI=1S/C20H31NOS/c1-12(22)14-5-6-15-13-4-7-17-20(3,11-9-18(23)21-17)16(13)8-10-19(14,15)2/h13-17H,4-11H2,1-3H3,(H,21,23)/t13-,14+,15-,16-,17+,19+,20+/m0/s1. The Hall–Kier alpha value is -0.440. The van der Waals surface area contributed by atoms with Gasteiger partial charge in [-0.25, -0.2) is 0 Å². The minimum Gasteiger partial charge on any atom is -0.376 e. The van der Waals surface area contributed by atoms with Crippen LogP contribution in [0.25, 0.3) is 0 Å². The van der Waals surface area contributed by atoms with E-state index in [2.05, 4.69) is 19.2 Å². The summed E-state index contributed by atoms with van der Waals surface area (Å²) in [4.78, 5) is 13.3. The van der Waals surface area contributed by atoms with E-state index in [4.69, 9.17) is 12.2 Å². The van der Waals surface area contributed by atoms with E-state index in [0.717, 1.165) is 35.6 Å². The molecule has 4 rings (SSSR count). The fourth-order valence-electron chi connectivity index (χ4n) is 7.37. The van der Waals surface area contributed by atoms with Crippen molar-refractivity contribution in [1.29, 1.82) is 0 Å². The number of piperidine rings is 1. The molecule has 0 unspecified atom stereocenters. The largest absolute Gasteiger partial charge is 0.376 e. The molecule has 128 valence electrons. The Balaban J connectivity index is 1.63. The van der Waals surface area contributed by atoms with Crippen molar-refractivity contribution in [1.82, 2.24) is 5.32 Å². The Kier molecular flexibility index (Phi) is 3.68. The van der Waals surface area contributed by atoms with Crippen LogP contribution in [0.15, 0.2) is 0 Å². The summed E-state index contributed by atoms with van der Waals surface area (Å²) in [5.74, 6) is 3.23. The molecule has 1 saturated heterocycles. The smallest absolute Gasteiger partial charge is 0.133 e. The molecule has 3 aliphatic carbocycles. The van der Waals surface area contributed by atoms with Crippen molar-refractivity contribution in [3.05, 3.63) is 0 Å². The zero-order valence-electron chi connectivity index (χ0n) is 14.9. The number of thiocarbonyl (C=S) groups is 1. The number of nitrogens with one attached hydrogen (secondary N) is 1. The molecule has 2 nitrogen and oxygen atoms in total. The maximum atomic E-state index is 12.2. The molecular formula is C20H31NOS. The highest BCUT2D eigenvalue weighted by molar-refractivity contribution is 7.80. The van der Waals surface area contributed by atoms with E-state index in [1.807, 2.05) is 6.92 Å². The molecule has 3 heteroatoms. The first-order valence-electron chi connectivity index (χ1n) is 9.66. The molecule has 4 fully saturated rings. The van der Waals surface area contributed by atoms with Crippen molar-refractivity contribution in [2.24, 2.45) is 34.5 Å². The maximum absolute atomic E-state index is 12.2. The zero-order valence-corrected chi connectivity index (χ0v) is 15.7. The summed E-state index contributed by atoms with van der Waals surface area (Å²) in [6, 6.07) is 0.597. The number of hydrogen-bond donors (Lipinski definition) is 1. The molecule has 1 heterocycles. The van der Waals surface area contributed by atoms with Crippen LogP contribution in [0.4, 0.5) is 0 Å². The summed E-state index contributed by atoms with van der Waals surface area (Å²) in [5.41, 5.74) is 0.703. The van der Waals surface area contributed by atoms with Crippen LogP contribution in [0.2, 0.25) is 0 Å². The van der Waals surface area contributed by atoms with Crippen LogP contribution < -0.4 is 5.32 Å². The van der Waals surface area contributed by atoms with Crippen LogP contribution in [0.5, 0.6) is 0 Å². The molecule has 0 amide bonds. The van der Waals surface area contributed by atoms with E-state index in [0.29, 0.717) is 23.2 Å². The highest BCUT2D eigenvalue weighted by Crippen LogP contribution is 2.65. The number of fused-ring (bicyclic) bond motifs is 5. The molecule has 0 aromatic rings. The van der Waals surface area contributed by atoms with E-state index < -0.39 is 0 Å². The molecule has 3 saturated carbocycles. The molecule has 23 heavy (non-hydrogen) atoms. The predicted molar refractivity (Wildman–Crippen MR) is 97.3 cm³/mol. The number of ketones is 1. The average Bonchev–Trinajstić information content (AvgIpc) is 2.85. The van der Waals surface area contributed by atoms with Gasteiger partial charge in [0.15, 0.2) is 0 Å². The lowest BCUT2D eigenvalue weighted by atomic mass is 9.47. The Morgan fingerprint density at radius 2 is 1.78 bits per heavy atom. The zero-order chi connectivity index (χ0) is 16.4.